The number of para-hydroxylation sites is 1. The lowest BCUT2D eigenvalue weighted by atomic mass is 9.81. The molecule has 4 rings (SSSR count). The molecule has 1 aromatic carbocycles. The smallest absolute Gasteiger partial charge is 0.239 e. The van der Waals surface area contributed by atoms with Crippen LogP contribution in [0.3, 0.4) is 0 Å². The Balaban J connectivity index is 1.64. The molecular weight excluding hydrogens is 318 g/mol. The number of thiazole rings is 1. The maximum Gasteiger partial charge on any atom is 0.239 e. The minimum Gasteiger partial charge on any atom is -0.311 e. The molecule has 1 spiro atoms. The van der Waals surface area contributed by atoms with Crippen molar-refractivity contribution in [2.75, 3.05) is 24.5 Å². The van der Waals surface area contributed by atoms with Gasteiger partial charge in [0.15, 0.2) is 0 Å². The van der Waals surface area contributed by atoms with Crippen molar-refractivity contribution >= 4 is 22.9 Å². The van der Waals surface area contributed by atoms with Gasteiger partial charge in [0.05, 0.1) is 12.0 Å². The summed E-state index contributed by atoms with van der Waals surface area (Å²) < 4.78 is 0. The van der Waals surface area contributed by atoms with Crippen molar-refractivity contribution in [2.24, 2.45) is 5.92 Å². The molecule has 2 aromatic rings. The number of benzene rings is 1. The van der Waals surface area contributed by atoms with Crippen molar-refractivity contribution in [1.29, 1.82) is 0 Å². The highest BCUT2D eigenvalue weighted by molar-refractivity contribution is 7.09. The topological polar surface area (TPSA) is 36.4 Å². The van der Waals surface area contributed by atoms with E-state index in [9.17, 15) is 4.79 Å². The third kappa shape index (κ3) is 2.47. The second-order valence-electron chi connectivity index (χ2n) is 7.30. The molecule has 2 aliphatic rings. The molecule has 24 heavy (non-hydrogen) atoms. The zero-order valence-corrected chi connectivity index (χ0v) is 15.1. The van der Waals surface area contributed by atoms with Crippen LogP contribution in [0.1, 0.15) is 30.8 Å². The summed E-state index contributed by atoms with van der Waals surface area (Å²) in [6.45, 7) is 7.74. The van der Waals surface area contributed by atoms with Gasteiger partial charge in [0.25, 0.3) is 0 Å². The molecule has 1 fully saturated rings. The van der Waals surface area contributed by atoms with Crippen LogP contribution >= 0.6 is 11.3 Å². The van der Waals surface area contributed by atoms with E-state index in [4.69, 9.17) is 0 Å². The average Bonchev–Trinajstić information content (AvgIpc) is 3.26. The summed E-state index contributed by atoms with van der Waals surface area (Å²) in [5.74, 6) is 0.754. The van der Waals surface area contributed by atoms with Gasteiger partial charge in [-0.25, -0.2) is 4.98 Å². The highest BCUT2D eigenvalue weighted by Gasteiger charge is 2.54. The number of fused-ring (bicyclic) bond motifs is 2. The molecule has 5 heteroatoms. The quantitative estimate of drug-likeness (QED) is 0.856. The minimum atomic E-state index is -0.358. The van der Waals surface area contributed by atoms with Gasteiger partial charge < -0.3 is 4.90 Å². The second-order valence-corrected chi connectivity index (χ2v) is 8.27. The summed E-state index contributed by atoms with van der Waals surface area (Å²) in [5.41, 5.74) is 1.98. The first-order chi connectivity index (χ1) is 11.6. The van der Waals surface area contributed by atoms with Gasteiger partial charge in [-0.2, -0.15) is 0 Å². The van der Waals surface area contributed by atoms with Crippen molar-refractivity contribution in [2.45, 2.75) is 32.2 Å². The van der Waals surface area contributed by atoms with E-state index in [1.165, 1.54) is 5.56 Å². The fraction of sp³-hybridized carbons (Fsp3) is 0.474. The first-order valence-corrected chi connectivity index (χ1v) is 9.50. The normalized spacial score (nSPS) is 23.6. The van der Waals surface area contributed by atoms with Gasteiger partial charge in [-0.3, -0.25) is 9.69 Å². The van der Waals surface area contributed by atoms with Crippen molar-refractivity contribution in [1.82, 2.24) is 9.88 Å². The fourth-order valence-electron chi connectivity index (χ4n) is 4.08. The van der Waals surface area contributed by atoms with E-state index < -0.39 is 0 Å². The van der Waals surface area contributed by atoms with Gasteiger partial charge in [0, 0.05) is 36.9 Å². The summed E-state index contributed by atoms with van der Waals surface area (Å²) >= 11 is 1.69. The number of anilines is 1. The molecule has 2 aliphatic heterocycles. The number of hydrogen-bond donors (Lipinski definition) is 0. The number of hydrogen-bond acceptors (Lipinski definition) is 4. The number of likely N-dealkylation sites (tertiary alicyclic amines) is 1. The van der Waals surface area contributed by atoms with Crippen LogP contribution in [0, 0.1) is 5.92 Å². The van der Waals surface area contributed by atoms with Crippen LogP contribution in [0.15, 0.2) is 35.8 Å². The van der Waals surface area contributed by atoms with Crippen molar-refractivity contribution in [3.63, 3.8) is 0 Å². The Morgan fingerprint density at radius 3 is 2.92 bits per heavy atom. The lowest BCUT2D eigenvalue weighted by molar-refractivity contribution is -0.122. The van der Waals surface area contributed by atoms with E-state index in [0.717, 1.165) is 43.3 Å². The molecule has 0 N–H and O–H groups in total. The Hall–Kier alpha value is -1.72. The lowest BCUT2D eigenvalue weighted by Crippen LogP contribution is -2.43. The fourth-order valence-corrected chi connectivity index (χ4v) is 4.74. The van der Waals surface area contributed by atoms with Crippen LogP contribution < -0.4 is 4.90 Å². The number of rotatable bonds is 4. The largest absolute Gasteiger partial charge is 0.311 e. The van der Waals surface area contributed by atoms with E-state index in [1.807, 2.05) is 22.5 Å². The van der Waals surface area contributed by atoms with E-state index in [2.05, 4.69) is 41.9 Å². The Labute approximate surface area is 147 Å². The van der Waals surface area contributed by atoms with Gasteiger partial charge in [-0.05, 0) is 24.0 Å². The maximum atomic E-state index is 13.4. The van der Waals surface area contributed by atoms with Gasteiger partial charge in [-0.1, -0.05) is 32.0 Å². The van der Waals surface area contributed by atoms with Gasteiger partial charge >= 0.3 is 0 Å². The summed E-state index contributed by atoms with van der Waals surface area (Å²) in [4.78, 5) is 22.2. The average molecular weight is 341 g/mol. The van der Waals surface area contributed by atoms with Crippen LogP contribution in [-0.2, 0) is 16.8 Å². The Morgan fingerprint density at radius 1 is 1.33 bits per heavy atom. The van der Waals surface area contributed by atoms with Crippen LogP contribution in [0.4, 0.5) is 5.69 Å². The third-order valence-electron chi connectivity index (χ3n) is 5.10. The van der Waals surface area contributed by atoms with Gasteiger partial charge in [0.2, 0.25) is 5.91 Å². The number of amides is 1. The predicted octanol–water partition coefficient (Wildman–Crippen LogP) is 3.29. The molecular formula is C19H23N3OS. The number of carbonyl (C=O) groups is 1. The van der Waals surface area contributed by atoms with E-state index in [1.54, 1.807) is 11.3 Å². The first-order valence-electron chi connectivity index (χ1n) is 8.62. The van der Waals surface area contributed by atoms with E-state index in [-0.39, 0.29) is 5.41 Å². The summed E-state index contributed by atoms with van der Waals surface area (Å²) in [6.07, 6.45) is 2.76. The molecule has 1 aromatic heterocycles. The molecule has 0 saturated carbocycles. The molecule has 0 unspecified atom stereocenters. The maximum absolute atomic E-state index is 13.4. The summed E-state index contributed by atoms with van der Waals surface area (Å²) in [7, 11) is 0. The Bertz CT molecular complexity index is 743. The van der Waals surface area contributed by atoms with Crippen molar-refractivity contribution in [3.8, 4) is 0 Å². The van der Waals surface area contributed by atoms with Gasteiger partial charge in [0.1, 0.15) is 5.01 Å². The Kier molecular flexibility index (Phi) is 3.93. The van der Waals surface area contributed by atoms with Crippen LogP contribution in [0.25, 0.3) is 0 Å². The molecule has 4 nitrogen and oxygen atoms in total. The molecule has 0 radical (unpaired) electrons. The zero-order valence-electron chi connectivity index (χ0n) is 14.2. The molecule has 0 bridgehead atoms. The molecule has 1 saturated heterocycles. The summed E-state index contributed by atoms with van der Waals surface area (Å²) in [6, 6.07) is 8.37. The van der Waals surface area contributed by atoms with Crippen molar-refractivity contribution < 1.29 is 4.79 Å². The van der Waals surface area contributed by atoms with E-state index >= 15 is 0 Å². The molecule has 126 valence electrons. The van der Waals surface area contributed by atoms with E-state index in [0.29, 0.717) is 11.8 Å². The molecule has 1 atom stereocenters. The first kappa shape index (κ1) is 15.8. The monoisotopic (exact) mass is 341 g/mol. The van der Waals surface area contributed by atoms with Crippen LogP contribution in [0.2, 0.25) is 0 Å². The second kappa shape index (κ2) is 5.97. The standard InChI is InChI=1S/C19H23N3OS/c1-14(2)11-22-16-6-4-3-5-15(16)19(18(22)23)7-9-21(13-19)12-17-20-8-10-24-17/h3-6,8,10,14H,7,9,11-13H2,1-2H3/t19-/m0/s1. The Morgan fingerprint density at radius 2 is 2.17 bits per heavy atom. The highest BCUT2D eigenvalue weighted by atomic mass is 32.1. The van der Waals surface area contributed by atoms with Crippen LogP contribution in [-0.4, -0.2) is 35.4 Å². The highest BCUT2D eigenvalue weighted by Crippen LogP contribution is 2.47. The zero-order chi connectivity index (χ0) is 16.7. The summed E-state index contributed by atoms with van der Waals surface area (Å²) in [5, 5.41) is 3.14. The number of aromatic nitrogens is 1. The van der Waals surface area contributed by atoms with Crippen molar-refractivity contribution in [3.05, 3.63) is 46.4 Å². The molecule has 3 heterocycles. The lowest BCUT2D eigenvalue weighted by Gasteiger charge is -2.25. The van der Waals surface area contributed by atoms with Crippen LogP contribution in [0.5, 0.6) is 0 Å². The third-order valence-corrected chi connectivity index (χ3v) is 5.87. The van der Waals surface area contributed by atoms with Gasteiger partial charge in [-0.15, -0.1) is 11.3 Å². The molecule has 0 aliphatic carbocycles. The minimum absolute atomic E-state index is 0.291. The predicted molar refractivity (Wildman–Crippen MR) is 97.3 cm³/mol. The SMILES string of the molecule is CC(C)CN1C(=O)[C@]2(CCN(Cc3nccs3)C2)c2ccccc21. The number of carbonyl (C=O) groups excluding carboxylic acids is 1. The number of nitrogens with zero attached hydrogens (tertiary/aromatic N) is 3. The molecule has 1 amide bonds.